The van der Waals surface area contributed by atoms with Crippen LogP contribution in [-0.2, 0) is 6.54 Å². The van der Waals surface area contributed by atoms with Crippen LogP contribution in [0.25, 0.3) is 0 Å². The fourth-order valence-corrected chi connectivity index (χ4v) is 3.37. The van der Waals surface area contributed by atoms with Gasteiger partial charge in [0.15, 0.2) is 0 Å². The van der Waals surface area contributed by atoms with E-state index in [4.69, 9.17) is 12.8 Å². The Morgan fingerprint density at radius 3 is 2.67 bits per heavy atom. The van der Waals surface area contributed by atoms with Crippen molar-refractivity contribution in [3.05, 3.63) is 65.7 Å². The molecule has 2 aromatic rings. The highest BCUT2D eigenvalue weighted by Crippen LogP contribution is 2.46. The summed E-state index contributed by atoms with van der Waals surface area (Å²) in [5.74, 6) is 0.871. The number of hydrogen-bond acceptors (Lipinski definition) is 4. The number of nitrogens with one attached hydrogen (secondary N) is 1. The molecule has 1 fully saturated rings. The number of thioether (sulfide) groups is 1. The van der Waals surface area contributed by atoms with Gasteiger partial charge in [0.25, 0.3) is 0 Å². The molecule has 2 aromatic carbocycles. The molecule has 2 aliphatic heterocycles. The Labute approximate surface area is 129 Å². The van der Waals surface area contributed by atoms with E-state index in [2.05, 4.69) is 34.7 Å². The maximum Gasteiger partial charge on any atom is 0.143 e. The Morgan fingerprint density at radius 2 is 1.86 bits per heavy atom. The van der Waals surface area contributed by atoms with Gasteiger partial charge in [-0.1, -0.05) is 60.1 Å². The predicted molar refractivity (Wildman–Crippen MR) is 88.7 cm³/mol. The molecule has 5 heteroatoms. The van der Waals surface area contributed by atoms with Crippen molar-refractivity contribution in [3.63, 3.8) is 0 Å². The van der Waals surface area contributed by atoms with Crippen molar-refractivity contribution in [1.29, 1.82) is 0 Å². The third-order valence-electron chi connectivity index (χ3n) is 3.67. The Bertz CT molecular complexity index is 689. The van der Waals surface area contributed by atoms with Crippen LogP contribution in [0.5, 0.6) is 0 Å². The number of hydrazine groups is 1. The van der Waals surface area contributed by atoms with Crippen LogP contribution in [0.2, 0.25) is 0 Å². The Hall–Kier alpha value is -1.72. The number of amidine groups is 1. The Morgan fingerprint density at radius 1 is 1.10 bits per heavy atom. The van der Waals surface area contributed by atoms with Gasteiger partial charge in [0.05, 0.1) is 0 Å². The molecule has 0 aromatic heterocycles. The SMILES string of the molecule is [B]c1ccccc1C1=NC2SC2N(Cc2ccccc2)N1. The van der Waals surface area contributed by atoms with Gasteiger partial charge in [-0.15, -0.1) is 11.8 Å². The van der Waals surface area contributed by atoms with E-state index in [1.165, 1.54) is 5.56 Å². The first-order chi connectivity index (χ1) is 10.3. The third kappa shape index (κ3) is 2.59. The quantitative estimate of drug-likeness (QED) is 0.688. The number of benzene rings is 2. The monoisotopic (exact) mass is 291 g/mol. The second-order valence-corrected chi connectivity index (χ2v) is 6.45. The molecular formula is C16H14BN3S. The van der Waals surface area contributed by atoms with E-state index in [-0.39, 0.29) is 0 Å². The first-order valence-corrected chi connectivity index (χ1v) is 7.91. The zero-order valence-electron chi connectivity index (χ0n) is 11.4. The number of nitrogens with zero attached hydrogens (tertiary/aromatic N) is 2. The van der Waals surface area contributed by atoms with Gasteiger partial charge in [-0.25, -0.2) is 10.0 Å². The molecule has 0 saturated carbocycles. The lowest BCUT2D eigenvalue weighted by Crippen LogP contribution is -2.48. The predicted octanol–water partition coefficient (Wildman–Crippen LogP) is 1.65. The van der Waals surface area contributed by atoms with Crippen LogP contribution in [0, 0.1) is 0 Å². The number of fused-ring (bicyclic) bond motifs is 1. The van der Waals surface area contributed by atoms with Crippen molar-refractivity contribution in [2.45, 2.75) is 17.3 Å². The average molecular weight is 291 g/mol. The van der Waals surface area contributed by atoms with Gasteiger partial charge < -0.3 is 5.43 Å². The van der Waals surface area contributed by atoms with Crippen molar-refractivity contribution < 1.29 is 0 Å². The maximum absolute atomic E-state index is 6.06. The van der Waals surface area contributed by atoms with Crippen LogP contribution < -0.4 is 10.9 Å². The smallest absolute Gasteiger partial charge is 0.143 e. The summed E-state index contributed by atoms with van der Waals surface area (Å²) < 4.78 is 0. The third-order valence-corrected chi connectivity index (χ3v) is 4.79. The maximum atomic E-state index is 6.06. The Balaban J connectivity index is 1.58. The lowest BCUT2D eigenvalue weighted by atomic mass is 9.90. The molecule has 21 heavy (non-hydrogen) atoms. The van der Waals surface area contributed by atoms with E-state index in [1.54, 1.807) is 0 Å². The van der Waals surface area contributed by atoms with Gasteiger partial charge >= 0.3 is 0 Å². The molecule has 2 atom stereocenters. The van der Waals surface area contributed by atoms with E-state index in [0.29, 0.717) is 10.7 Å². The molecule has 0 amide bonds. The van der Waals surface area contributed by atoms with E-state index in [1.807, 2.05) is 42.1 Å². The number of rotatable bonds is 3. The van der Waals surface area contributed by atoms with Crippen molar-refractivity contribution >= 4 is 30.9 Å². The Kier molecular flexibility index (Phi) is 3.24. The minimum atomic E-state index is 0.324. The molecule has 2 unspecified atom stereocenters. The van der Waals surface area contributed by atoms with Crippen LogP contribution in [0.4, 0.5) is 0 Å². The zero-order chi connectivity index (χ0) is 14.2. The van der Waals surface area contributed by atoms with Crippen LogP contribution in [0.3, 0.4) is 0 Å². The number of aliphatic imine (C=N–C) groups is 1. The normalized spacial score (nSPS) is 23.9. The van der Waals surface area contributed by atoms with Crippen LogP contribution in [0.1, 0.15) is 11.1 Å². The summed E-state index contributed by atoms with van der Waals surface area (Å²) in [5, 5.41) is 3.00. The summed E-state index contributed by atoms with van der Waals surface area (Å²) >= 11 is 1.87. The molecule has 0 aliphatic carbocycles. The molecule has 102 valence electrons. The van der Waals surface area contributed by atoms with Gasteiger partial charge in [-0.05, 0) is 5.56 Å². The van der Waals surface area contributed by atoms with Crippen molar-refractivity contribution in [2.24, 2.45) is 4.99 Å². The molecule has 2 heterocycles. The van der Waals surface area contributed by atoms with Gasteiger partial charge in [0.1, 0.15) is 24.4 Å². The second-order valence-electron chi connectivity index (χ2n) is 5.21. The zero-order valence-corrected chi connectivity index (χ0v) is 12.3. The fraction of sp³-hybridized carbons (Fsp3) is 0.188. The van der Waals surface area contributed by atoms with Crippen molar-refractivity contribution in [1.82, 2.24) is 10.4 Å². The van der Waals surface area contributed by atoms with Gasteiger partial charge in [-0.3, -0.25) is 0 Å². The van der Waals surface area contributed by atoms with E-state index in [9.17, 15) is 0 Å². The van der Waals surface area contributed by atoms with Crippen LogP contribution in [0.15, 0.2) is 59.6 Å². The second kappa shape index (κ2) is 5.24. The standard InChI is InChI=1S/C16H14BN3S/c17-13-9-5-4-8-12(13)14-18-15-16(21-15)20(19-14)10-11-6-2-1-3-7-11/h1-9,15-16H,10H2,(H,18,19). The molecule has 3 nitrogen and oxygen atoms in total. The van der Waals surface area contributed by atoms with Crippen molar-refractivity contribution in [3.8, 4) is 0 Å². The summed E-state index contributed by atoms with van der Waals surface area (Å²) in [6.07, 6.45) is 0. The van der Waals surface area contributed by atoms with E-state index < -0.39 is 0 Å². The summed E-state index contributed by atoms with van der Waals surface area (Å²) in [5.41, 5.74) is 6.45. The topological polar surface area (TPSA) is 27.6 Å². The summed E-state index contributed by atoms with van der Waals surface area (Å²) in [4.78, 5) is 4.73. The fourth-order valence-electron chi connectivity index (χ4n) is 2.53. The molecular weight excluding hydrogens is 277 g/mol. The largest absolute Gasteiger partial charge is 0.301 e. The molecule has 1 N–H and O–H groups in total. The molecule has 0 bridgehead atoms. The molecule has 2 radical (unpaired) electrons. The van der Waals surface area contributed by atoms with Crippen LogP contribution >= 0.6 is 11.8 Å². The molecule has 4 rings (SSSR count). The lowest BCUT2D eigenvalue weighted by molar-refractivity contribution is 0.215. The highest BCUT2D eigenvalue weighted by molar-refractivity contribution is 8.07. The first-order valence-electron chi connectivity index (χ1n) is 6.96. The van der Waals surface area contributed by atoms with Gasteiger partial charge in [-0.2, -0.15) is 0 Å². The van der Waals surface area contributed by atoms with Crippen LogP contribution in [-0.4, -0.2) is 29.4 Å². The summed E-state index contributed by atoms with van der Waals surface area (Å²) in [6, 6.07) is 18.3. The summed E-state index contributed by atoms with van der Waals surface area (Å²) in [6.45, 7) is 0.862. The molecule has 0 spiro atoms. The number of hydrogen-bond donors (Lipinski definition) is 1. The highest BCUT2D eigenvalue weighted by atomic mass is 32.2. The molecule has 2 aliphatic rings. The highest BCUT2D eigenvalue weighted by Gasteiger charge is 2.47. The first kappa shape index (κ1) is 13.0. The van der Waals surface area contributed by atoms with Crippen molar-refractivity contribution in [2.75, 3.05) is 0 Å². The summed E-state index contributed by atoms with van der Waals surface area (Å²) in [7, 11) is 6.06. The average Bonchev–Trinajstić information content (AvgIpc) is 3.28. The molecule has 1 saturated heterocycles. The van der Waals surface area contributed by atoms with E-state index >= 15 is 0 Å². The van der Waals surface area contributed by atoms with Gasteiger partial charge in [0, 0.05) is 12.1 Å². The minimum Gasteiger partial charge on any atom is -0.301 e. The van der Waals surface area contributed by atoms with Gasteiger partial charge in [0.2, 0.25) is 0 Å². The minimum absolute atomic E-state index is 0.324. The lowest BCUT2D eigenvalue weighted by Gasteiger charge is -2.28. The van der Waals surface area contributed by atoms with E-state index in [0.717, 1.165) is 23.4 Å².